The van der Waals surface area contributed by atoms with Crippen molar-refractivity contribution in [3.63, 3.8) is 0 Å². The van der Waals surface area contributed by atoms with Gasteiger partial charge in [-0.25, -0.2) is 0 Å². The molecule has 0 aliphatic heterocycles. The van der Waals surface area contributed by atoms with E-state index < -0.39 is 58.0 Å². The Balaban J connectivity index is 1.58. The molecule has 3 aliphatic rings. The van der Waals surface area contributed by atoms with Crippen LogP contribution in [0.2, 0.25) is 0 Å². The number of ketones is 2. The number of rotatable bonds is 7. The molecule has 5 rings (SSSR count). The summed E-state index contributed by atoms with van der Waals surface area (Å²) in [4.78, 5) is 55.4. The fraction of sp³-hybridized carbons (Fsp3) is 0.375. The minimum atomic E-state index is -2.69. The average Bonchev–Trinajstić information content (AvgIpc) is 2.94. The number of carbonyl (C=O) groups is 4. The van der Waals surface area contributed by atoms with Crippen LogP contribution < -0.4 is 11.1 Å². The molecule has 2 amide bonds. The van der Waals surface area contributed by atoms with E-state index in [0.717, 1.165) is 0 Å². The Morgan fingerprint density at radius 2 is 1.68 bits per heavy atom. The number of benzene rings is 2. The first-order chi connectivity index (χ1) is 20.7. The maximum atomic E-state index is 14.0. The first-order valence-corrected chi connectivity index (χ1v) is 14.2. The van der Waals surface area contributed by atoms with Crippen molar-refractivity contribution in [2.75, 3.05) is 41.3 Å². The van der Waals surface area contributed by atoms with E-state index in [0.29, 0.717) is 35.3 Å². The number of hydrogen-bond donors (Lipinski definition) is 6. The molecule has 0 heterocycles. The van der Waals surface area contributed by atoms with E-state index in [9.17, 15) is 39.6 Å². The molecule has 4 atom stereocenters. The number of nitrogens with one attached hydrogen (secondary N) is 1. The molecule has 0 aromatic heterocycles. The second-order valence-electron chi connectivity index (χ2n) is 12.1. The van der Waals surface area contributed by atoms with Crippen molar-refractivity contribution in [1.29, 1.82) is 0 Å². The van der Waals surface area contributed by atoms with E-state index >= 15 is 0 Å². The molecular weight excluding hydrogens is 568 g/mol. The van der Waals surface area contributed by atoms with Gasteiger partial charge in [0, 0.05) is 30.1 Å². The van der Waals surface area contributed by atoms with Gasteiger partial charge in [-0.3, -0.25) is 24.1 Å². The topological polar surface area (TPSA) is 194 Å². The van der Waals surface area contributed by atoms with E-state index in [1.54, 1.807) is 44.4 Å². The third-order valence-electron chi connectivity index (χ3n) is 8.91. The van der Waals surface area contributed by atoms with Crippen LogP contribution in [-0.4, -0.2) is 107 Å². The molecule has 0 bridgehead atoms. The first-order valence-electron chi connectivity index (χ1n) is 14.2. The molecule has 3 aliphatic carbocycles. The number of carbonyl (C=O) groups excluding carboxylic acids is 4. The summed E-state index contributed by atoms with van der Waals surface area (Å²) in [6.45, 7) is 1.18. The monoisotopic (exact) mass is 604 g/mol. The number of nitrogens with zero attached hydrogens (tertiary/aromatic N) is 2. The fourth-order valence-corrected chi connectivity index (χ4v) is 6.81. The highest BCUT2D eigenvalue weighted by molar-refractivity contribution is 6.24. The minimum absolute atomic E-state index is 0.00398. The van der Waals surface area contributed by atoms with Gasteiger partial charge in [0.25, 0.3) is 11.8 Å². The molecule has 12 nitrogen and oxygen atoms in total. The highest BCUT2D eigenvalue weighted by Crippen LogP contribution is 2.53. The van der Waals surface area contributed by atoms with Crippen LogP contribution in [0.4, 0.5) is 0 Å². The number of phenolic OH excluding ortho intramolecular Hbond substituents is 1. The number of hydrogen-bond acceptors (Lipinski definition) is 10. The molecule has 0 radical (unpaired) electrons. The van der Waals surface area contributed by atoms with Crippen molar-refractivity contribution >= 4 is 29.1 Å². The number of fused-ring (bicyclic) bond motifs is 3. The number of primary amides is 1. The smallest absolute Gasteiger partial charge is 0.255 e. The third-order valence-corrected chi connectivity index (χ3v) is 8.91. The Bertz CT molecular complexity index is 1640. The Kier molecular flexibility index (Phi) is 7.87. The molecule has 12 heteroatoms. The van der Waals surface area contributed by atoms with Crippen LogP contribution in [0.5, 0.6) is 5.75 Å². The second-order valence-corrected chi connectivity index (χ2v) is 12.1. The Labute approximate surface area is 254 Å². The first kappa shape index (κ1) is 30.9. The van der Waals surface area contributed by atoms with Crippen molar-refractivity contribution in [3.05, 3.63) is 70.0 Å². The van der Waals surface area contributed by atoms with E-state index in [-0.39, 0.29) is 35.6 Å². The zero-order chi connectivity index (χ0) is 32.2. The molecule has 2 aromatic carbocycles. The van der Waals surface area contributed by atoms with Crippen molar-refractivity contribution in [2.45, 2.75) is 24.5 Å². The summed E-state index contributed by atoms with van der Waals surface area (Å²) in [6, 6.07) is 8.76. The van der Waals surface area contributed by atoms with Gasteiger partial charge >= 0.3 is 0 Å². The lowest BCUT2D eigenvalue weighted by molar-refractivity contribution is -0.153. The van der Waals surface area contributed by atoms with Gasteiger partial charge in [0.1, 0.15) is 22.8 Å². The number of aliphatic hydroxyl groups is 3. The van der Waals surface area contributed by atoms with E-state index in [4.69, 9.17) is 5.73 Å². The SMILES string of the molecule is CN(C)CCNC(=O)c1ccc(-c2ccc(O)c3c2CC2CC4C(N(C)C)C(=O)C(C(N)=O)=C(O)C4(O)C(=O)C2=C3O)cc1. The minimum Gasteiger partial charge on any atom is -0.508 e. The quantitative estimate of drug-likeness (QED) is 0.248. The fourth-order valence-electron chi connectivity index (χ4n) is 6.81. The van der Waals surface area contributed by atoms with Crippen LogP contribution in [-0.2, 0) is 20.8 Å². The molecule has 44 heavy (non-hydrogen) atoms. The van der Waals surface area contributed by atoms with Crippen LogP contribution in [0.15, 0.2) is 53.3 Å². The summed E-state index contributed by atoms with van der Waals surface area (Å²) in [7, 11) is 6.93. The van der Waals surface area contributed by atoms with Crippen LogP contribution in [0.1, 0.15) is 27.9 Å². The number of phenols is 1. The van der Waals surface area contributed by atoms with Crippen molar-refractivity contribution in [3.8, 4) is 16.9 Å². The molecule has 4 unspecified atom stereocenters. The summed E-state index contributed by atoms with van der Waals surface area (Å²) < 4.78 is 0. The Morgan fingerprint density at radius 3 is 2.27 bits per heavy atom. The Hall–Kier alpha value is -4.52. The molecule has 2 aromatic rings. The number of Topliss-reactive ketones (excluding diaryl/α,β-unsaturated/α-hetero) is 2. The van der Waals surface area contributed by atoms with Gasteiger partial charge in [-0.05, 0) is 81.8 Å². The molecule has 0 saturated heterocycles. The highest BCUT2D eigenvalue weighted by Gasteiger charge is 2.64. The van der Waals surface area contributed by atoms with Crippen molar-refractivity contribution < 1.29 is 39.6 Å². The summed E-state index contributed by atoms with van der Waals surface area (Å²) in [6.07, 6.45) is 0.151. The third kappa shape index (κ3) is 4.75. The number of aromatic hydroxyl groups is 1. The normalized spacial score (nSPS) is 24.8. The average molecular weight is 605 g/mol. The van der Waals surface area contributed by atoms with Gasteiger partial charge in [-0.1, -0.05) is 18.2 Å². The predicted octanol–water partition coefficient (Wildman–Crippen LogP) is 0.922. The summed E-state index contributed by atoms with van der Waals surface area (Å²) in [5, 5.41) is 47.9. The number of nitrogens with two attached hydrogens (primary N) is 1. The molecule has 1 saturated carbocycles. The molecule has 7 N–H and O–H groups in total. The predicted molar refractivity (Wildman–Crippen MR) is 161 cm³/mol. The maximum absolute atomic E-state index is 14.0. The van der Waals surface area contributed by atoms with Gasteiger partial charge in [-0.15, -0.1) is 0 Å². The molecule has 232 valence electrons. The van der Waals surface area contributed by atoms with Gasteiger partial charge in [0.2, 0.25) is 5.78 Å². The maximum Gasteiger partial charge on any atom is 0.255 e. The zero-order valence-electron chi connectivity index (χ0n) is 24.9. The summed E-state index contributed by atoms with van der Waals surface area (Å²) in [5.74, 6) is -7.21. The number of amides is 2. The van der Waals surface area contributed by atoms with Gasteiger partial charge in [-0.2, -0.15) is 0 Å². The Morgan fingerprint density at radius 1 is 1.02 bits per heavy atom. The number of likely N-dealkylation sites (N-methyl/N-ethyl adjacent to an activating group) is 2. The summed E-state index contributed by atoms with van der Waals surface area (Å²) in [5.41, 5.74) is 3.97. The lowest BCUT2D eigenvalue weighted by atomic mass is 9.57. The van der Waals surface area contributed by atoms with Crippen molar-refractivity contribution in [2.24, 2.45) is 17.6 Å². The van der Waals surface area contributed by atoms with E-state index in [1.807, 2.05) is 19.0 Å². The second kappa shape index (κ2) is 11.2. The van der Waals surface area contributed by atoms with Crippen molar-refractivity contribution in [1.82, 2.24) is 15.1 Å². The standard InChI is InChI=1S/C32H36N4O8/c1-35(2)12-11-34-31(43)16-7-5-15(6-8-16)18-9-10-21(37)23-19(18)13-17-14-20-25(36(3)4)27(39)24(30(33)42)29(41)32(20,44)28(40)22(17)26(23)38/h5-10,17,20,25,37-38,41,44H,11-14H2,1-4H3,(H2,33,42)(H,34,43). The van der Waals surface area contributed by atoms with Crippen LogP contribution >= 0.6 is 0 Å². The van der Waals surface area contributed by atoms with E-state index in [1.165, 1.54) is 11.0 Å². The lowest BCUT2D eigenvalue weighted by Crippen LogP contribution is -2.65. The lowest BCUT2D eigenvalue weighted by Gasteiger charge is -2.50. The highest BCUT2D eigenvalue weighted by atomic mass is 16.3. The molecular formula is C32H36N4O8. The van der Waals surface area contributed by atoms with Gasteiger partial charge in [0.05, 0.1) is 11.6 Å². The van der Waals surface area contributed by atoms with Crippen LogP contribution in [0, 0.1) is 11.8 Å². The van der Waals surface area contributed by atoms with Gasteiger partial charge < -0.3 is 36.4 Å². The molecule has 1 fully saturated rings. The zero-order valence-corrected chi connectivity index (χ0v) is 24.9. The largest absolute Gasteiger partial charge is 0.508 e. The molecule has 0 spiro atoms. The van der Waals surface area contributed by atoms with E-state index in [2.05, 4.69) is 5.32 Å². The summed E-state index contributed by atoms with van der Waals surface area (Å²) >= 11 is 0. The van der Waals surface area contributed by atoms with Crippen LogP contribution in [0.25, 0.3) is 16.9 Å². The van der Waals surface area contributed by atoms with Crippen LogP contribution in [0.3, 0.4) is 0 Å². The van der Waals surface area contributed by atoms with Gasteiger partial charge in [0.15, 0.2) is 11.4 Å². The number of aliphatic hydroxyl groups excluding tert-OH is 2.